The van der Waals surface area contributed by atoms with Crippen molar-refractivity contribution in [2.45, 2.75) is 19.4 Å². The summed E-state index contributed by atoms with van der Waals surface area (Å²) in [5.41, 5.74) is 6.47. The number of carbonyl (C=O) groups is 1. The van der Waals surface area contributed by atoms with Crippen LogP contribution in [-0.2, 0) is 11.8 Å². The largest absolute Gasteiger partial charge is 0.461 e. The Bertz CT molecular complexity index is 344. The first-order valence-corrected chi connectivity index (χ1v) is 4.77. The molecule has 1 aromatic rings. The first-order chi connectivity index (χ1) is 7.00. The Kier molecular flexibility index (Phi) is 3.74. The number of carbonyl (C=O) groups excluding carboxylic acids is 1. The lowest BCUT2D eigenvalue weighted by molar-refractivity contribution is 0.0434. The predicted molar refractivity (Wildman–Crippen MR) is 56.4 cm³/mol. The molecule has 0 radical (unpaired) electrons. The highest BCUT2D eigenvalue weighted by Crippen LogP contribution is 2.10. The minimum Gasteiger partial charge on any atom is -0.461 e. The summed E-state index contributed by atoms with van der Waals surface area (Å²) in [7, 11) is 1.72. The van der Waals surface area contributed by atoms with Crippen LogP contribution in [0.15, 0.2) is 12.3 Å². The van der Waals surface area contributed by atoms with E-state index >= 15 is 0 Å². The van der Waals surface area contributed by atoms with Crippen LogP contribution in [0, 0.1) is 0 Å². The number of ether oxygens (including phenoxy) is 1. The molecule has 1 aromatic heterocycles. The SMILES string of the molecule is CC(O)CCOC(=O)c1cc(N)cn1C. The first-order valence-electron chi connectivity index (χ1n) is 4.77. The van der Waals surface area contributed by atoms with Gasteiger partial charge in [0.25, 0.3) is 0 Å². The van der Waals surface area contributed by atoms with Gasteiger partial charge in [-0.05, 0) is 13.0 Å². The van der Waals surface area contributed by atoms with E-state index in [1.807, 2.05) is 0 Å². The topological polar surface area (TPSA) is 77.5 Å². The monoisotopic (exact) mass is 212 g/mol. The summed E-state index contributed by atoms with van der Waals surface area (Å²) >= 11 is 0. The van der Waals surface area contributed by atoms with Crippen molar-refractivity contribution in [3.63, 3.8) is 0 Å². The fraction of sp³-hybridized carbons (Fsp3) is 0.500. The smallest absolute Gasteiger partial charge is 0.355 e. The second-order valence-corrected chi connectivity index (χ2v) is 3.54. The van der Waals surface area contributed by atoms with E-state index in [0.29, 0.717) is 17.8 Å². The number of anilines is 1. The molecule has 0 aliphatic carbocycles. The Hall–Kier alpha value is -1.49. The number of aliphatic hydroxyl groups is 1. The molecule has 15 heavy (non-hydrogen) atoms. The van der Waals surface area contributed by atoms with Gasteiger partial charge in [-0.3, -0.25) is 0 Å². The molecule has 0 fully saturated rings. The number of rotatable bonds is 4. The summed E-state index contributed by atoms with van der Waals surface area (Å²) in [4.78, 5) is 11.5. The Morgan fingerprint density at radius 1 is 1.73 bits per heavy atom. The second kappa shape index (κ2) is 4.84. The van der Waals surface area contributed by atoms with Gasteiger partial charge in [-0.2, -0.15) is 0 Å². The lowest BCUT2D eigenvalue weighted by Gasteiger charge is -2.06. The summed E-state index contributed by atoms with van der Waals surface area (Å²) in [6.45, 7) is 1.86. The van der Waals surface area contributed by atoms with Crippen molar-refractivity contribution in [2.24, 2.45) is 7.05 Å². The molecule has 5 heteroatoms. The number of aryl methyl sites for hydroxylation is 1. The first kappa shape index (κ1) is 11.6. The van der Waals surface area contributed by atoms with E-state index in [2.05, 4.69) is 0 Å². The number of nitrogens with zero attached hydrogens (tertiary/aromatic N) is 1. The molecule has 0 aliphatic heterocycles. The van der Waals surface area contributed by atoms with Crippen molar-refractivity contribution < 1.29 is 14.6 Å². The van der Waals surface area contributed by atoms with Crippen molar-refractivity contribution in [2.75, 3.05) is 12.3 Å². The zero-order valence-electron chi connectivity index (χ0n) is 8.93. The van der Waals surface area contributed by atoms with Crippen LogP contribution < -0.4 is 5.73 Å². The molecule has 5 nitrogen and oxygen atoms in total. The van der Waals surface area contributed by atoms with Crippen LogP contribution in [-0.4, -0.2) is 28.4 Å². The standard InChI is InChI=1S/C10H16N2O3/c1-7(13)3-4-15-10(14)9-5-8(11)6-12(9)2/h5-7,13H,3-4,11H2,1-2H3. The third kappa shape index (κ3) is 3.28. The average molecular weight is 212 g/mol. The minimum absolute atomic E-state index is 0.210. The maximum Gasteiger partial charge on any atom is 0.355 e. The molecule has 0 aliphatic rings. The second-order valence-electron chi connectivity index (χ2n) is 3.54. The molecule has 0 amide bonds. The molecule has 84 valence electrons. The predicted octanol–water partition coefficient (Wildman–Crippen LogP) is 0.535. The van der Waals surface area contributed by atoms with Crippen LogP contribution in [0.5, 0.6) is 0 Å². The highest BCUT2D eigenvalue weighted by atomic mass is 16.5. The summed E-state index contributed by atoms with van der Waals surface area (Å²) < 4.78 is 6.57. The van der Waals surface area contributed by atoms with Crippen LogP contribution >= 0.6 is 0 Å². The van der Waals surface area contributed by atoms with Crippen molar-refractivity contribution in [1.82, 2.24) is 4.57 Å². The van der Waals surface area contributed by atoms with E-state index in [9.17, 15) is 4.79 Å². The molecule has 1 atom stereocenters. The van der Waals surface area contributed by atoms with Crippen molar-refractivity contribution in [3.8, 4) is 0 Å². The lowest BCUT2D eigenvalue weighted by atomic mass is 10.3. The van der Waals surface area contributed by atoms with E-state index in [1.54, 1.807) is 30.8 Å². The molecule has 1 rings (SSSR count). The van der Waals surface area contributed by atoms with E-state index in [-0.39, 0.29) is 6.61 Å². The minimum atomic E-state index is -0.462. The van der Waals surface area contributed by atoms with Gasteiger partial charge in [0.05, 0.1) is 18.4 Å². The van der Waals surface area contributed by atoms with Crippen molar-refractivity contribution in [3.05, 3.63) is 18.0 Å². The fourth-order valence-corrected chi connectivity index (χ4v) is 1.19. The zero-order chi connectivity index (χ0) is 11.4. The van der Waals surface area contributed by atoms with Crippen molar-refractivity contribution in [1.29, 1.82) is 0 Å². The van der Waals surface area contributed by atoms with Crippen LogP contribution in [0.4, 0.5) is 5.69 Å². The summed E-state index contributed by atoms with van der Waals surface area (Å²) in [6, 6.07) is 1.56. The Labute approximate surface area is 88.4 Å². The van der Waals surface area contributed by atoms with Gasteiger partial charge < -0.3 is 20.1 Å². The third-order valence-corrected chi connectivity index (χ3v) is 2.00. The van der Waals surface area contributed by atoms with Gasteiger partial charge in [-0.15, -0.1) is 0 Å². The molecule has 0 saturated carbocycles. The number of hydrogen-bond acceptors (Lipinski definition) is 4. The molecular weight excluding hydrogens is 196 g/mol. The highest BCUT2D eigenvalue weighted by Gasteiger charge is 2.12. The fourth-order valence-electron chi connectivity index (χ4n) is 1.19. The summed E-state index contributed by atoms with van der Waals surface area (Å²) in [5, 5.41) is 8.98. The number of aliphatic hydroxyl groups excluding tert-OH is 1. The maximum absolute atomic E-state index is 11.5. The normalized spacial score (nSPS) is 12.5. The van der Waals surface area contributed by atoms with Gasteiger partial charge in [-0.25, -0.2) is 4.79 Å². The van der Waals surface area contributed by atoms with Gasteiger partial charge in [0.1, 0.15) is 5.69 Å². The van der Waals surface area contributed by atoms with Gasteiger partial charge in [0.15, 0.2) is 0 Å². The zero-order valence-corrected chi connectivity index (χ0v) is 8.93. The van der Waals surface area contributed by atoms with Crippen LogP contribution in [0.2, 0.25) is 0 Å². The average Bonchev–Trinajstić information content (AvgIpc) is 2.44. The number of aromatic nitrogens is 1. The number of nitrogen functional groups attached to an aromatic ring is 1. The van der Waals surface area contributed by atoms with E-state index in [0.717, 1.165) is 0 Å². The molecule has 3 N–H and O–H groups in total. The number of hydrogen-bond donors (Lipinski definition) is 2. The number of esters is 1. The Morgan fingerprint density at radius 2 is 2.40 bits per heavy atom. The maximum atomic E-state index is 11.5. The quantitative estimate of drug-likeness (QED) is 0.714. The molecule has 1 heterocycles. The highest BCUT2D eigenvalue weighted by molar-refractivity contribution is 5.89. The van der Waals surface area contributed by atoms with E-state index < -0.39 is 12.1 Å². The molecule has 0 aromatic carbocycles. The Morgan fingerprint density at radius 3 is 2.87 bits per heavy atom. The van der Waals surface area contributed by atoms with Gasteiger partial charge in [0.2, 0.25) is 0 Å². The van der Waals surface area contributed by atoms with Gasteiger partial charge in [-0.1, -0.05) is 0 Å². The van der Waals surface area contributed by atoms with Crippen LogP contribution in [0.1, 0.15) is 23.8 Å². The van der Waals surface area contributed by atoms with Crippen molar-refractivity contribution >= 4 is 11.7 Å². The van der Waals surface area contributed by atoms with Crippen LogP contribution in [0.3, 0.4) is 0 Å². The molecule has 0 spiro atoms. The van der Waals surface area contributed by atoms with Gasteiger partial charge >= 0.3 is 5.97 Å². The molecular formula is C10H16N2O3. The van der Waals surface area contributed by atoms with E-state index in [4.69, 9.17) is 15.6 Å². The third-order valence-electron chi connectivity index (χ3n) is 2.00. The number of nitrogens with two attached hydrogens (primary N) is 1. The van der Waals surface area contributed by atoms with Crippen LogP contribution in [0.25, 0.3) is 0 Å². The summed E-state index contributed by atoms with van der Waals surface area (Å²) in [6.07, 6.45) is 1.62. The Balaban J connectivity index is 2.50. The summed E-state index contributed by atoms with van der Waals surface area (Å²) in [5.74, 6) is -0.421. The molecule has 0 saturated heterocycles. The van der Waals surface area contributed by atoms with Gasteiger partial charge in [0, 0.05) is 19.7 Å². The molecule has 0 bridgehead atoms. The lowest BCUT2D eigenvalue weighted by Crippen LogP contribution is -2.13. The van der Waals surface area contributed by atoms with E-state index in [1.165, 1.54) is 0 Å². The molecule has 1 unspecified atom stereocenters.